The van der Waals surface area contributed by atoms with Gasteiger partial charge in [0.15, 0.2) is 0 Å². The minimum absolute atomic E-state index is 0.903. The molecule has 0 heterocycles. The molecular weight excluding hydrogens is 771 g/mol. The van der Waals surface area contributed by atoms with Gasteiger partial charge in [-0.25, -0.2) is 0 Å². The zero-order chi connectivity index (χ0) is 42.8. The molecule has 0 unspecified atom stereocenters. The Morgan fingerprint density at radius 2 is 0.797 bits per heavy atom. The van der Waals surface area contributed by atoms with E-state index in [-0.39, 0.29) is 0 Å². The van der Waals surface area contributed by atoms with Gasteiger partial charge in [-0.15, -0.1) is 0 Å². The Bertz CT molecular complexity index is 3120. The third kappa shape index (κ3) is 7.58. The predicted octanol–water partition coefficient (Wildman–Crippen LogP) is 16.9. The first-order valence-electron chi connectivity index (χ1n) is 23.0. The fraction of sp³-hybridized carbons (Fsp3) is 0.111. The van der Waals surface area contributed by atoms with Gasteiger partial charge in [0.1, 0.15) is 0 Å². The summed E-state index contributed by atoms with van der Waals surface area (Å²) in [7, 11) is 0. The van der Waals surface area contributed by atoms with Gasteiger partial charge in [0.2, 0.25) is 0 Å². The van der Waals surface area contributed by atoms with Crippen molar-refractivity contribution < 1.29 is 0 Å². The summed E-state index contributed by atoms with van der Waals surface area (Å²) in [6, 6.07) is 78.7. The highest BCUT2D eigenvalue weighted by Crippen LogP contribution is 2.43. The number of nitrogens with zero attached hydrogens (tertiary/aromatic N) is 1. The van der Waals surface area contributed by atoms with Crippen molar-refractivity contribution in [2.24, 2.45) is 0 Å². The minimum atomic E-state index is 0.903. The van der Waals surface area contributed by atoms with Crippen molar-refractivity contribution in [1.82, 2.24) is 0 Å². The summed E-state index contributed by atoms with van der Waals surface area (Å²) < 4.78 is 0. The summed E-state index contributed by atoms with van der Waals surface area (Å²) in [4.78, 5) is 2.50. The second-order valence-electron chi connectivity index (χ2n) is 17.3. The largest absolute Gasteiger partial charge is 0.341 e. The fourth-order valence-corrected chi connectivity index (χ4v) is 10.3. The summed E-state index contributed by atoms with van der Waals surface area (Å²) >= 11 is 0. The lowest BCUT2D eigenvalue weighted by molar-refractivity contribution is 0.832. The van der Waals surface area contributed by atoms with E-state index in [1.165, 1.54) is 112 Å². The van der Waals surface area contributed by atoms with Gasteiger partial charge in [-0.2, -0.15) is 0 Å². The highest BCUT2D eigenvalue weighted by atomic mass is 15.1. The summed E-state index contributed by atoms with van der Waals surface area (Å²) in [6.07, 6.45) is 7.45. The van der Waals surface area contributed by atoms with Crippen LogP contribution >= 0.6 is 0 Å². The van der Waals surface area contributed by atoms with Crippen LogP contribution in [0.2, 0.25) is 0 Å². The Hall–Kier alpha value is -7.48. The van der Waals surface area contributed by atoms with Crippen LogP contribution < -0.4 is 4.90 Å². The van der Waals surface area contributed by atoms with Gasteiger partial charge in [-0.05, 0) is 157 Å². The normalized spacial score (nSPS) is 12.4. The van der Waals surface area contributed by atoms with Crippen LogP contribution in [-0.4, -0.2) is 6.54 Å². The maximum atomic E-state index is 2.50. The van der Waals surface area contributed by atoms with Crippen LogP contribution in [0.3, 0.4) is 0 Å². The molecule has 0 radical (unpaired) electrons. The van der Waals surface area contributed by atoms with E-state index in [1.807, 2.05) is 0 Å². The van der Waals surface area contributed by atoms with Crippen LogP contribution in [0, 0.1) is 0 Å². The predicted molar refractivity (Wildman–Crippen MR) is 272 cm³/mol. The molecule has 0 bridgehead atoms. The number of hydrogen-bond acceptors (Lipinski definition) is 1. The van der Waals surface area contributed by atoms with Crippen LogP contribution in [0.25, 0.3) is 72.3 Å². The van der Waals surface area contributed by atoms with Gasteiger partial charge in [-0.3, -0.25) is 0 Å². The SMILES string of the molecule is CC/C=C(\CCCN(c1ccc(-c2ccccc2)cc1)c1ccc(-c2ccc(-c3cccc4c3Cc3ccccc3-4)cc2)cc1)c1ccc(-c2cccc3c2Cc2ccccc2-3)cc1. The first kappa shape index (κ1) is 39.4. The van der Waals surface area contributed by atoms with E-state index >= 15 is 0 Å². The highest BCUT2D eigenvalue weighted by molar-refractivity contribution is 5.87. The molecule has 0 spiro atoms. The standard InChI is InChI=1S/C63H51N/c1-2-13-44(46-25-29-50(30-26-46)56-21-10-23-60-58-19-8-6-16-52(58)42-62(56)60)18-12-41-64(54-37-33-48(34-38-54)45-14-4-3-5-15-45)55-39-35-49(36-40-55)47-27-31-51(32-28-47)57-22-11-24-61-59-20-9-7-17-53(59)43-63(57)61/h3-11,13-17,19-40H,2,12,18,41-43H2,1H3/b44-13+. The summed E-state index contributed by atoms with van der Waals surface area (Å²) in [5, 5.41) is 0. The van der Waals surface area contributed by atoms with Crippen molar-refractivity contribution in [1.29, 1.82) is 0 Å². The van der Waals surface area contributed by atoms with Gasteiger partial charge < -0.3 is 4.90 Å². The molecule has 0 amide bonds. The van der Waals surface area contributed by atoms with Crippen molar-refractivity contribution in [3.05, 3.63) is 246 Å². The van der Waals surface area contributed by atoms with Gasteiger partial charge >= 0.3 is 0 Å². The van der Waals surface area contributed by atoms with Crippen LogP contribution in [0.5, 0.6) is 0 Å². The minimum Gasteiger partial charge on any atom is -0.341 e. The summed E-state index contributed by atoms with van der Waals surface area (Å²) in [5.74, 6) is 0. The van der Waals surface area contributed by atoms with Crippen molar-refractivity contribution in [3.63, 3.8) is 0 Å². The Balaban J connectivity index is 0.825. The molecular formula is C63H51N. The first-order chi connectivity index (χ1) is 31.7. The van der Waals surface area contributed by atoms with Crippen molar-refractivity contribution in [2.45, 2.75) is 39.0 Å². The van der Waals surface area contributed by atoms with E-state index in [4.69, 9.17) is 0 Å². The molecule has 2 aliphatic carbocycles. The van der Waals surface area contributed by atoms with E-state index in [9.17, 15) is 0 Å². The summed E-state index contributed by atoms with van der Waals surface area (Å²) in [6.45, 7) is 3.15. The second kappa shape index (κ2) is 17.4. The maximum absolute atomic E-state index is 2.50. The molecule has 0 fully saturated rings. The Morgan fingerprint density at radius 1 is 0.391 bits per heavy atom. The molecule has 0 aliphatic heterocycles. The topological polar surface area (TPSA) is 3.24 Å². The molecule has 64 heavy (non-hydrogen) atoms. The van der Waals surface area contributed by atoms with E-state index in [1.54, 1.807) is 0 Å². The number of anilines is 2. The molecule has 9 aromatic carbocycles. The molecule has 0 saturated carbocycles. The maximum Gasteiger partial charge on any atom is 0.0411 e. The van der Waals surface area contributed by atoms with E-state index in [0.717, 1.165) is 38.6 Å². The van der Waals surface area contributed by atoms with Crippen molar-refractivity contribution in [3.8, 4) is 66.8 Å². The van der Waals surface area contributed by atoms with Gasteiger partial charge in [0.05, 0.1) is 0 Å². The van der Waals surface area contributed by atoms with Crippen molar-refractivity contribution in [2.75, 3.05) is 11.4 Å². The third-order valence-electron chi connectivity index (χ3n) is 13.5. The zero-order valence-corrected chi connectivity index (χ0v) is 36.5. The Kier molecular flexibility index (Phi) is 10.7. The molecule has 0 aromatic heterocycles. The van der Waals surface area contributed by atoms with E-state index in [2.05, 4.69) is 230 Å². The van der Waals surface area contributed by atoms with Crippen LogP contribution in [-0.2, 0) is 12.8 Å². The third-order valence-corrected chi connectivity index (χ3v) is 13.5. The van der Waals surface area contributed by atoms with E-state index < -0.39 is 0 Å². The Labute approximate surface area is 378 Å². The number of rotatable bonds is 12. The number of fused-ring (bicyclic) bond motifs is 6. The molecule has 1 heteroatoms. The number of allylic oxidation sites excluding steroid dienone is 2. The van der Waals surface area contributed by atoms with Crippen LogP contribution in [0.4, 0.5) is 11.4 Å². The van der Waals surface area contributed by atoms with Crippen molar-refractivity contribution >= 4 is 16.9 Å². The number of benzene rings is 9. The fourth-order valence-electron chi connectivity index (χ4n) is 10.3. The molecule has 2 aliphatic rings. The molecule has 308 valence electrons. The lowest BCUT2D eigenvalue weighted by atomic mass is 9.93. The first-order valence-corrected chi connectivity index (χ1v) is 23.0. The molecule has 11 rings (SSSR count). The van der Waals surface area contributed by atoms with E-state index in [0.29, 0.717) is 0 Å². The lowest BCUT2D eigenvalue weighted by Crippen LogP contribution is -2.18. The van der Waals surface area contributed by atoms with Gasteiger partial charge in [-0.1, -0.05) is 201 Å². The summed E-state index contributed by atoms with van der Waals surface area (Å²) in [5.41, 5.74) is 26.5. The monoisotopic (exact) mass is 821 g/mol. The number of hydrogen-bond donors (Lipinski definition) is 0. The lowest BCUT2D eigenvalue weighted by Gasteiger charge is -2.26. The molecule has 9 aromatic rings. The molecule has 0 saturated heterocycles. The average Bonchev–Trinajstić information content (AvgIpc) is 3.95. The molecule has 0 atom stereocenters. The molecule has 1 nitrogen and oxygen atoms in total. The highest BCUT2D eigenvalue weighted by Gasteiger charge is 2.23. The average molecular weight is 822 g/mol. The Morgan fingerprint density at radius 3 is 1.31 bits per heavy atom. The smallest absolute Gasteiger partial charge is 0.0411 e. The van der Waals surface area contributed by atoms with Crippen LogP contribution in [0.15, 0.2) is 218 Å². The quantitative estimate of drug-likeness (QED) is 0.119. The second-order valence-corrected chi connectivity index (χ2v) is 17.3. The van der Waals surface area contributed by atoms with Gasteiger partial charge in [0, 0.05) is 17.9 Å². The molecule has 0 N–H and O–H groups in total. The van der Waals surface area contributed by atoms with Gasteiger partial charge in [0.25, 0.3) is 0 Å². The zero-order valence-electron chi connectivity index (χ0n) is 36.5. The van der Waals surface area contributed by atoms with Crippen LogP contribution in [0.1, 0.15) is 54.0 Å².